The molecule has 2 heterocycles. The van der Waals surface area contributed by atoms with E-state index < -0.39 is 5.97 Å². The van der Waals surface area contributed by atoms with Gasteiger partial charge in [0.15, 0.2) is 0 Å². The molecule has 26 heavy (non-hydrogen) atoms. The van der Waals surface area contributed by atoms with Gasteiger partial charge in [-0.1, -0.05) is 6.07 Å². The second-order valence-corrected chi connectivity index (χ2v) is 6.03. The second kappa shape index (κ2) is 7.35. The van der Waals surface area contributed by atoms with Crippen molar-refractivity contribution in [3.8, 4) is 11.4 Å². The zero-order valence-electron chi connectivity index (χ0n) is 15.3. The molecule has 0 amide bonds. The molecule has 0 atom stereocenters. The lowest BCUT2D eigenvalue weighted by molar-refractivity contribution is 0.0513. The summed E-state index contributed by atoms with van der Waals surface area (Å²) in [5, 5.41) is 7.57. The molecule has 0 spiro atoms. The van der Waals surface area contributed by atoms with Crippen molar-refractivity contribution in [3.05, 3.63) is 53.3 Å². The highest BCUT2D eigenvalue weighted by molar-refractivity contribution is 5.88. The van der Waals surface area contributed by atoms with Crippen LogP contribution in [0.25, 0.3) is 11.4 Å². The molecule has 1 aromatic carbocycles. The molecule has 134 valence electrons. The van der Waals surface area contributed by atoms with Crippen LogP contribution in [0.4, 0.5) is 11.6 Å². The van der Waals surface area contributed by atoms with Crippen molar-refractivity contribution in [2.24, 2.45) is 7.05 Å². The van der Waals surface area contributed by atoms with Gasteiger partial charge < -0.3 is 10.1 Å². The molecule has 0 saturated carbocycles. The fourth-order valence-corrected chi connectivity index (χ4v) is 2.73. The normalized spacial score (nSPS) is 10.6. The summed E-state index contributed by atoms with van der Waals surface area (Å²) >= 11 is 0. The summed E-state index contributed by atoms with van der Waals surface area (Å²) in [4.78, 5) is 20.7. The predicted octanol–water partition coefficient (Wildman–Crippen LogP) is 3.41. The number of hydrogen-bond acceptors (Lipinski definition) is 6. The lowest BCUT2D eigenvalue weighted by atomic mass is 10.1. The van der Waals surface area contributed by atoms with E-state index in [1.807, 2.05) is 26.0 Å². The Hall–Kier alpha value is -3.22. The number of nitrogens with zero attached hydrogens (tertiary/aromatic N) is 4. The van der Waals surface area contributed by atoms with Gasteiger partial charge in [-0.25, -0.2) is 14.8 Å². The van der Waals surface area contributed by atoms with Gasteiger partial charge in [0.1, 0.15) is 11.4 Å². The molecule has 0 bridgehead atoms. The Balaban J connectivity index is 1.88. The fraction of sp³-hybridized carbons (Fsp3) is 0.263. The number of nitrogens with one attached hydrogen (secondary N) is 1. The Bertz CT molecular complexity index is 929. The Morgan fingerprint density at radius 1 is 1.15 bits per heavy atom. The van der Waals surface area contributed by atoms with Crippen molar-refractivity contribution in [1.29, 1.82) is 0 Å². The third kappa shape index (κ3) is 3.88. The minimum Gasteiger partial charge on any atom is -0.461 e. The van der Waals surface area contributed by atoms with Gasteiger partial charge >= 0.3 is 5.97 Å². The van der Waals surface area contributed by atoms with Crippen LogP contribution in [0.15, 0.2) is 36.5 Å². The molecule has 2 aromatic heterocycles. The monoisotopic (exact) mass is 351 g/mol. The average Bonchev–Trinajstić information content (AvgIpc) is 2.96. The van der Waals surface area contributed by atoms with Gasteiger partial charge in [0.25, 0.3) is 0 Å². The quantitative estimate of drug-likeness (QED) is 0.709. The predicted molar refractivity (Wildman–Crippen MR) is 99.4 cm³/mol. The number of carbonyl (C=O) groups is 1. The first-order chi connectivity index (χ1) is 12.5. The van der Waals surface area contributed by atoms with Crippen LogP contribution >= 0.6 is 0 Å². The van der Waals surface area contributed by atoms with Crippen LogP contribution in [-0.4, -0.2) is 32.3 Å². The maximum absolute atomic E-state index is 12.0. The van der Waals surface area contributed by atoms with Gasteiger partial charge in [-0.3, -0.25) is 4.68 Å². The molecule has 0 aliphatic rings. The topological polar surface area (TPSA) is 81.9 Å². The van der Waals surface area contributed by atoms with Crippen molar-refractivity contribution >= 4 is 17.6 Å². The van der Waals surface area contributed by atoms with E-state index in [1.165, 1.54) is 4.68 Å². The molecule has 3 rings (SSSR count). The van der Waals surface area contributed by atoms with Crippen molar-refractivity contribution in [2.45, 2.75) is 20.8 Å². The molecular formula is C19H21N5O2. The van der Waals surface area contributed by atoms with Crippen molar-refractivity contribution in [3.63, 3.8) is 0 Å². The molecule has 0 aliphatic carbocycles. The summed E-state index contributed by atoms with van der Waals surface area (Å²) < 4.78 is 6.53. The summed E-state index contributed by atoms with van der Waals surface area (Å²) in [7, 11) is 1.70. The number of anilines is 2. The van der Waals surface area contributed by atoms with E-state index in [1.54, 1.807) is 32.3 Å². The minimum atomic E-state index is -0.406. The standard InChI is InChI=1S/C19H21N5O2/c1-5-26-18(25)17-11-16(23-24(17)4)15-6-7-20-19(22-15)21-14-9-12(2)8-13(3)10-14/h6-11H,5H2,1-4H3,(H,20,21,22). The number of carbonyl (C=O) groups excluding carboxylic acids is 1. The van der Waals surface area contributed by atoms with Crippen molar-refractivity contribution < 1.29 is 9.53 Å². The molecule has 0 radical (unpaired) electrons. The smallest absolute Gasteiger partial charge is 0.356 e. The number of aromatic nitrogens is 4. The molecule has 0 aliphatic heterocycles. The first-order valence-electron chi connectivity index (χ1n) is 8.36. The van der Waals surface area contributed by atoms with Gasteiger partial charge in [0.2, 0.25) is 5.95 Å². The summed E-state index contributed by atoms with van der Waals surface area (Å²) in [6.45, 7) is 6.17. The number of ether oxygens (including phenoxy) is 1. The number of esters is 1. The fourth-order valence-electron chi connectivity index (χ4n) is 2.73. The maximum atomic E-state index is 12.0. The molecule has 0 unspecified atom stereocenters. The second-order valence-electron chi connectivity index (χ2n) is 6.03. The Kier molecular flexibility index (Phi) is 4.97. The SMILES string of the molecule is CCOC(=O)c1cc(-c2ccnc(Nc3cc(C)cc(C)c3)n2)nn1C. The third-order valence-corrected chi connectivity index (χ3v) is 3.76. The van der Waals surface area contributed by atoms with Crippen LogP contribution in [0.3, 0.4) is 0 Å². The van der Waals surface area contributed by atoms with Gasteiger partial charge in [-0.15, -0.1) is 0 Å². The molecule has 7 nitrogen and oxygen atoms in total. The van der Waals surface area contributed by atoms with Gasteiger partial charge in [-0.2, -0.15) is 5.10 Å². The maximum Gasteiger partial charge on any atom is 0.356 e. The molecule has 1 N–H and O–H groups in total. The first-order valence-corrected chi connectivity index (χ1v) is 8.36. The Labute approximate surface area is 152 Å². The van der Waals surface area contributed by atoms with Crippen LogP contribution in [0.1, 0.15) is 28.5 Å². The third-order valence-electron chi connectivity index (χ3n) is 3.76. The molecular weight excluding hydrogens is 330 g/mol. The van der Waals surface area contributed by atoms with E-state index in [4.69, 9.17) is 4.74 Å². The summed E-state index contributed by atoms with van der Waals surface area (Å²) in [5.41, 5.74) is 4.83. The van der Waals surface area contributed by atoms with E-state index in [-0.39, 0.29) is 0 Å². The Morgan fingerprint density at radius 2 is 1.88 bits per heavy atom. The lowest BCUT2D eigenvalue weighted by Crippen LogP contribution is -2.10. The number of benzene rings is 1. The largest absolute Gasteiger partial charge is 0.461 e. The highest BCUT2D eigenvalue weighted by atomic mass is 16.5. The number of rotatable bonds is 5. The minimum absolute atomic E-state index is 0.316. The van der Waals surface area contributed by atoms with Crippen LogP contribution in [-0.2, 0) is 11.8 Å². The highest BCUT2D eigenvalue weighted by Gasteiger charge is 2.16. The van der Waals surface area contributed by atoms with Gasteiger partial charge in [-0.05, 0) is 50.1 Å². The summed E-state index contributed by atoms with van der Waals surface area (Å²) in [5.74, 6) is 0.0622. The van der Waals surface area contributed by atoms with E-state index in [2.05, 4.69) is 26.4 Å². The number of hydrogen-bond donors (Lipinski definition) is 1. The molecule has 0 saturated heterocycles. The zero-order valence-corrected chi connectivity index (χ0v) is 15.3. The van der Waals surface area contributed by atoms with E-state index in [0.29, 0.717) is 29.6 Å². The zero-order chi connectivity index (χ0) is 18.7. The lowest BCUT2D eigenvalue weighted by Gasteiger charge is -2.07. The summed E-state index contributed by atoms with van der Waals surface area (Å²) in [6, 6.07) is 9.59. The summed E-state index contributed by atoms with van der Waals surface area (Å²) in [6.07, 6.45) is 1.66. The highest BCUT2D eigenvalue weighted by Crippen LogP contribution is 2.21. The van der Waals surface area contributed by atoms with E-state index in [0.717, 1.165) is 16.8 Å². The first kappa shape index (κ1) is 17.6. The van der Waals surface area contributed by atoms with Crippen LogP contribution < -0.4 is 5.32 Å². The van der Waals surface area contributed by atoms with Gasteiger partial charge in [0.05, 0.1) is 12.3 Å². The average molecular weight is 351 g/mol. The molecule has 0 fully saturated rings. The van der Waals surface area contributed by atoms with Crippen molar-refractivity contribution in [2.75, 3.05) is 11.9 Å². The van der Waals surface area contributed by atoms with Crippen molar-refractivity contribution in [1.82, 2.24) is 19.7 Å². The number of aryl methyl sites for hydroxylation is 3. The van der Waals surface area contributed by atoms with E-state index >= 15 is 0 Å². The van der Waals surface area contributed by atoms with Crippen LogP contribution in [0, 0.1) is 13.8 Å². The molecule has 3 aromatic rings. The van der Waals surface area contributed by atoms with Crippen LogP contribution in [0.2, 0.25) is 0 Å². The Morgan fingerprint density at radius 3 is 2.58 bits per heavy atom. The van der Waals surface area contributed by atoms with Crippen LogP contribution in [0.5, 0.6) is 0 Å². The van der Waals surface area contributed by atoms with E-state index in [9.17, 15) is 4.79 Å². The molecule has 7 heteroatoms. The van der Waals surface area contributed by atoms with Gasteiger partial charge in [0, 0.05) is 25.0 Å².